The lowest BCUT2D eigenvalue weighted by atomic mass is 10.1. The third-order valence-electron chi connectivity index (χ3n) is 8.57. The third kappa shape index (κ3) is 6.75. The quantitative estimate of drug-likeness (QED) is 0.0687. The van der Waals surface area contributed by atoms with Gasteiger partial charge in [-0.3, -0.25) is 0 Å². The fourth-order valence-corrected chi connectivity index (χ4v) is 13.5. The van der Waals surface area contributed by atoms with Crippen LogP contribution in [0.2, 0.25) is 41.8 Å². The molecule has 1 unspecified atom stereocenters. The van der Waals surface area contributed by atoms with Crippen molar-refractivity contribution < 1.29 is 30.8 Å². The van der Waals surface area contributed by atoms with Crippen molar-refractivity contribution in [3.05, 3.63) is 41.0 Å². The molecule has 37 heavy (non-hydrogen) atoms. The largest absolute Gasteiger partial charge is 0.541 e. The van der Waals surface area contributed by atoms with E-state index in [9.17, 15) is 22.0 Å². The van der Waals surface area contributed by atoms with Crippen molar-refractivity contribution in [1.82, 2.24) is 0 Å². The van der Waals surface area contributed by atoms with Gasteiger partial charge in [-0.2, -0.15) is 4.39 Å². The Labute approximate surface area is 220 Å². The molecular weight excluding hydrogens is 522 g/mol. The van der Waals surface area contributed by atoms with E-state index < -0.39 is 67.8 Å². The van der Waals surface area contributed by atoms with Gasteiger partial charge in [0.1, 0.15) is 5.82 Å². The number of fused-ring (bicyclic) bond motifs is 1. The minimum absolute atomic E-state index is 0.0500. The SMILES string of the molecule is CCCCCC[Si](CCC[Si](CC)(CC)CC)(Oc1c(F)c(F)c(F)c2c(F)c(F)cc(F)c12)C(C)C. The summed E-state index contributed by atoms with van der Waals surface area (Å²) in [6.07, 6.45) is 4.64. The monoisotopic (exact) mass is 564 g/mol. The zero-order valence-corrected chi connectivity index (χ0v) is 25.1. The van der Waals surface area contributed by atoms with Gasteiger partial charge in [-0.25, -0.2) is 22.0 Å². The van der Waals surface area contributed by atoms with Crippen LogP contribution in [0.5, 0.6) is 5.75 Å². The second kappa shape index (κ2) is 13.5. The van der Waals surface area contributed by atoms with Crippen molar-refractivity contribution in [2.45, 2.75) is 115 Å². The van der Waals surface area contributed by atoms with Crippen molar-refractivity contribution in [3.63, 3.8) is 0 Å². The van der Waals surface area contributed by atoms with Gasteiger partial charge >= 0.3 is 0 Å². The number of hydrogen-bond acceptors (Lipinski definition) is 1. The summed E-state index contributed by atoms with van der Waals surface area (Å²) in [5, 5.41) is -2.13. The lowest BCUT2D eigenvalue weighted by Crippen LogP contribution is -2.45. The first-order chi connectivity index (χ1) is 17.4. The molecule has 0 saturated heterocycles. The van der Waals surface area contributed by atoms with Gasteiger partial charge in [0.05, 0.1) is 18.8 Å². The predicted molar refractivity (Wildman–Crippen MR) is 146 cm³/mol. The van der Waals surface area contributed by atoms with Gasteiger partial charge < -0.3 is 4.43 Å². The number of benzene rings is 2. The van der Waals surface area contributed by atoms with Crippen molar-refractivity contribution >= 4 is 27.2 Å². The summed E-state index contributed by atoms with van der Waals surface area (Å²) in [6.45, 7) is 12.7. The van der Waals surface area contributed by atoms with Crippen molar-refractivity contribution in [2.24, 2.45) is 0 Å². The highest BCUT2D eigenvalue weighted by molar-refractivity contribution is 6.80. The maximum absolute atomic E-state index is 15.2. The molecule has 1 nitrogen and oxygen atoms in total. The Balaban J connectivity index is 2.64. The molecule has 2 rings (SSSR count). The molecule has 2 aromatic carbocycles. The molecule has 1 atom stereocenters. The molecule has 0 spiro atoms. The van der Waals surface area contributed by atoms with Crippen LogP contribution in [0.3, 0.4) is 0 Å². The molecule has 0 aromatic heterocycles. The number of halogens is 6. The molecule has 210 valence electrons. The fraction of sp³-hybridized carbons (Fsp3) is 0.643. The molecule has 0 aliphatic carbocycles. The molecule has 2 aromatic rings. The second-order valence-electron chi connectivity index (χ2n) is 10.7. The standard InChI is InChI=1S/C28H42F6OSi2/c1-7-11-12-13-16-37(19(5)6,17-14-15-36(8-2,9-3)10-4)35-28-22-20(29)18-21(30)24(31)23(22)25(32)26(33)27(28)34/h18-19H,7-17H2,1-6H3. The van der Waals surface area contributed by atoms with Gasteiger partial charge in [-0.05, 0) is 17.6 Å². The van der Waals surface area contributed by atoms with Crippen LogP contribution in [0.15, 0.2) is 6.07 Å². The highest BCUT2D eigenvalue weighted by Crippen LogP contribution is 2.43. The van der Waals surface area contributed by atoms with Crippen molar-refractivity contribution in [1.29, 1.82) is 0 Å². The van der Waals surface area contributed by atoms with Gasteiger partial charge in [-0.15, -0.1) is 0 Å². The Kier molecular flexibility index (Phi) is 11.6. The minimum atomic E-state index is -2.93. The first-order valence-corrected chi connectivity index (χ1v) is 19.0. The van der Waals surface area contributed by atoms with Gasteiger partial charge in [0.15, 0.2) is 29.0 Å². The Morgan fingerprint density at radius 2 is 1.24 bits per heavy atom. The van der Waals surface area contributed by atoms with Crippen LogP contribution in [0.1, 0.15) is 73.6 Å². The Hall–Kier alpha value is -1.49. The highest BCUT2D eigenvalue weighted by atomic mass is 28.4. The first-order valence-electron chi connectivity index (χ1n) is 13.8. The van der Waals surface area contributed by atoms with Crippen LogP contribution >= 0.6 is 0 Å². The highest BCUT2D eigenvalue weighted by Gasteiger charge is 2.43. The van der Waals surface area contributed by atoms with Crippen LogP contribution in [-0.2, 0) is 0 Å². The van der Waals surface area contributed by atoms with E-state index in [1.807, 2.05) is 13.8 Å². The molecule has 0 aliphatic heterocycles. The summed E-state index contributed by atoms with van der Waals surface area (Å²) in [6, 6.07) is 6.06. The summed E-state index contributed by atoms with van der Waals surface area (Å²) in [4.78, 5) is 0. The normalized spacial score (nSPS) is 14.0. The van der Waals surface area contributed by atoms with Crippen molar-refractivity contribution in [2.75, 3.05) is 0 Å². The van der Waals surface area contributed by atoms with Crippen LogP contribution < -0.4 is 4.43 Å². The van der Waals surface area contributed by atoms with E-state index >= 15 is 4.39 Å². The van der Waals surface area contributed by atoms with Crippen LogP contribution in [-0.4, -0.2) is 16.4 Å². The third-order valence-corrected chi connectivity index (χ3v) is 19.6. The average Bonchev–Trinajstić information content (AvgIpc) is 2.87. The van der Waals surface area contributed by atoms with Crippen LogP contribution in [0, 0.1) is 34.9 Å². The molecular formula is C28H42F6OSi2. The van der Waals surface area contributed by atoms with Crippen LogP contribution in [0.25, 0.3) is 10.8 Å². The Morgan fingerprint density at radius 1 is 0.649 bits per heavy atom. The van der Waals surface area contributed by atoms with E-state index in [-0.39, 0.29) is 11.6 Å². The molecule has 9 heteroatoms. The molecule has 0 radical (unpaired) electrons. The topological polar surface area (TPSA) is 9.23 Å². The zero-order chi connectivity index (χ0) is 28.0. The van der Waals surface area contributed by atoms with E-state index in [0.29, 0.717) is 12.1 Å². The van der Waals surface area contributed by atoms with E-state index in [4.69, 9.17) is 4.43 Å². The first kappa shape index (κ1) is 31.7. The van der Waals surface area contributed by atoms with Crippen LogP contribution in [0.4, 0.5) is 26.3 Å². The molecule has 0 heterocycles. The van der Waals surface area contributed by atoms with Gasteiger partial charge in [0.2, 0.25) is 5.82 Å². The molecule has 0 amide bonds. The summed E-state index contributed by atoms with van der Waals surface area (Å²) >= 11 is 0. The maximum atomic E-state index is 15.2. The van der Waals surface area contributed by atoms with E-state index in [2.05, 4.69) is 27.7 Å². The minimum Gasteiger partial charge on any atom is -0.541 e. The molecule has 0 bridgehead atoms. The lowest BCUT2D eigenvalue weighted by molar-refractivity contribution is 0.408. The zero-order valence-electron chi connectivity index (χ0n) is 23.1. The number of hydrogen-bond donors (Lipinski definition) is 0. The predicted octanol–water partition coefficient (Wildman–Crippen LogP) is 10.9. The van der Waals surface area contributed by atoms with Gasteiger partial charge in [-0.1, -0.05) is 97.8 Å². The molecule has 0 N–H and O–H groups in total. The molecule has 0 saturated carbocycles. The summed E-state index contributed by atoms with van der Waals surface area (Å²) in [5.41, 5.74) is -0.0500. The summed E-state index contributed by atoms with van der Waals surface area (Å²) in [5.74, 6) is -11.3. The summed E-state index contributed by atoms with van der Waals surface area (Å²) in [7, 11) is -4.38. The van der Waals surface area contributed by atoms with Crippen molar-refractivity contribution in [3.8, 4) is 5.75 Å². The number of unbranched alkanes of at least 4 members (excludes halogenated alkanes) is 3. The second-order valence-corrected chi connectivity index (χ2v) is 20.8. The molecule has 0 fully saturated rings. The maximum Gasteiger partial charge on any atom is 0.253 e. The summed E-state index contributed by atoms with van der Waals surface area (Å²) < 4.78 is 94.2. The average molecular weight is 565 g/mol. The Bertz CT molecular complexity index is 1050. The van der Waals surface area contributed by atoms with E-state index in [1.165, 1.54) is 0 Å². The van der Waals surface area contributed by atoms with Gasteiger partial charge in [0.25, 0.3) is 8.32 Å². The molecule has 0 aliphatic rings. The van der Waals surface area contributed by atoms with E-state index in [0.717, 1.165) is 56.3 Å². The van der Waals surface area contributed by atoms with E-state index in [1.54, 1.807) is 0 Å². The van der Waals surface area contributed by atoms with Gasteiger partial charge in [0, 0.05) is 6.07 Å². The smallest absolute Gasteiger partial charge is 0.253 e. The Morgan fingerprint density at radius 3 is 1.78 bits per heavy atom. The number of rotatable bonds is 15. The lowest BCUT2D eigenvalue weighted by Gasteiger charge is -2.38. The fourth-order valence-electron chi connectivity index (χ4n) is 5.55.